The van der Waals surface area contributed by atoms with Gasteiger partial charge in [-0.15, -0.1) is 0 Å². The van der Waals surface area contributed by atoms with Crippen molar-refractivity contribution in [2.75, 3.05) is 18.5 Å². The zero-order valence-corrected chi connectivity index (χ0v) is 9.25. The van der Waals surface area contributed by atoms with Gasteiger partial charge in [0.25, 0.3) is 0 Å². The maximum atomic E-state index is 11.3. The van der Waals surface area contributed by atoms with Gasteiger partial charge in [-0.05, 0) is 19.1 Å². The zero-order chi connectivity index (χ0) is 11.1. The summed E-state index contributed by atoms with van der Waals surface area (Å²) in [5, 5.41) is 3.06. The summed E-state index contributed by atoms with van der Waals surface area (Å²) in [4.78, 5) is 15.2. The van der Waals surface area contributed by atoms with Gasteiger partial charge in [0.2, 0.25) is 5.91 Å². The highest BCUT2D eigenvalue weighted by Crippen LogP contribution is 2.11. The van der Waals surface area contributed by atoms with Gasteiger partial charge in [0, 0.05) is 18.5 Å². The Morgan fingerprint density at radius 2 is 2.47 bits per heavy atom. The fourth-order valence-electron chi connectivity index (χ4n) is 1.01. The quantitative estimate of drug-likeness (QED) is 0.620. The molecule has 1 aromatic rings. The van der Waals surface area contributed by atoms with Crippen molar-refractivity contribution in [2.24, 2.45) is 0 Å². The molecule has 1 amide bonds. The van der Waals surface area contributed by atoms with Crippen LogP contribution in [-0.4, -0.2) is 24.1 Å². The van der Waals surface area contributed by atoms with E-state index in [0.29, 0.717) is 30.5 Å². The average molecular weight is 229 g/mol. The lowest BCUT2D eigenvalue weighted by atomic mass is 10.3. The van der Waals surface area contributed by atoms with Gasteiger partial charge in [-0.1, -0.05) is 11.6 Å². The van der Waals surface area contributed by atoms with E-state index in [1.807, 2.05) is 6.92 Å². The molecule has 0 aromatic carbocycles. The summed E-state index contributed by atoms with van der Waals surface area (Å²) in [5.74, 6) is -0.0919. The third-order valence-corrected chi connectivity index (χ3v) is 1.89. The third kappa shape index (κ3) is 4.76. The molecule has 15 heavy (non-hydrogen) atoms. The van der Waals surface area contributed by atoms with Crippen LogP contribution in [0.1, 0.15) is 13.3 Å². The molecule has 4 nitrogen and oxygen atoms in total. The summed E-state index contributed by atoms with van der Waals surface area (Å²) in [7, 11) is 0. The number of nitrogens with one attached hydrogen (secondary N) is 1. The monoisotopic (exact) mass is 228 g/mol. The van der Waals surface area contributed by atoms with Crippen molar-refractivity contribution in [3.05, 3.63) is 23.5 Å². The number of hydrogen-bond acceptors (Lipinski definition) is 3. The number of pyridine rings is 1. The number of halogens is 1. The Labute approximate surface area is 93.6 Å². The number of anilines is 1. The van der Waals surface area contributed by atoms with Crippen molar-refractivity contribution in [2.45, 2.75) is 13.3 Å². The molecule has 0 bridgehead atoms. The van der Waals surface area contributed by atoms with Gasteiger partial charge in [-0.2, -0.15) is 0 Å². The molecule has 0 aliphatic carbocycles. The smallest absolute Gasteiger partial charge is 0.226 e. The summed E-state index contributed by atoms with van der Waals surface area (Å²) in [6, 6.07) is 3.28. The van der Waals surface area contributed by atoms with E-state index in [-0.39, 0.29) is 5.91 Å². The molecule has 0 radical (unpaired) electrons. The summed E-state index contributed by atoms with van der Waals surface area (Å²) in [6.45, 7) is 2.94. The molecule has 0 saturated carbocycles. The normalized spacial score (nSPS) is 10.0. The average Bonchev–Trinajstić information content (AvgIpc) is 2.18. The molecule has 0 fully saturated rings. The van der Waals surface area contributed by atoms with E-state index < -0.39 is 0 Å². The molecule has 0 aliphatic rings. The number of nitrogens with zero attached hydrogens (tertiary/aromatic N) is 1. The molecular weight excluding hydrogens is 216 g/mol. The Bertz CT molecular complexity index is 331. The molecule has 0 aliphatic heterocycles. The predicted molar refractivity (Wildman–Crippen MR) is 59.0 cm³/mol. The number of aromatic nitrogens is 1. The fourth-order valence-corrected chi connectivity index (χ4v) is 1.19. The van der Waals surface area contributed by atoms with Gasteiger partial charge in [0.1, 0.15) is 5.15 Å². The molecule has 1 aromatic heterocycles. The fraction of sp³-hybridized carbons (Fsp3) is 0.400. The van der Waals surface area contributed by atoms with Crippen LogP contribution in [-0.2, 0) is 9.53 Å². The van der Waals surface area contributed by atoms with Gasteiger partial charge in [-0.3, -0.25) is 4.79 Å². The van der Waals surface area contributed by atoms with E-state index in [2.05, 4.69) is 10.3 Å². The van der Waals surface area contributed by atoms with E-state index in [9.17, 15) is 4.79 Å². The second-order valence-electron chi connectivity index (χ2n) is 2.86. The summed E-state index contributed by atoms with van der Waals surface area (Å²) < 4.78 is 5.07. The SMILES string of the molecule is CCOCCC(=O)Nc1ccnc(Cl)c1. The first-order valence-electron chi connectivity index (χ1n) is 4.71. The Balaban J connectivity index is 2.37. The molecule has 1 heterocycles. The highest BCUT2D eigenvalue weighted by Gasteiger charge is 2.02. The van der Waals surface area contributed by atoms with Crippen LogP contribution in [0.3, 0.4) is 0 Å². The highest BCUT2D eigenvalue weighted by atomic mass is 35.5. The van der Waals surface area contributed by atoms with E-state index in [1.54, 1.807) is 18.3 Å². The lowest BCUT2D eigenvalue weighted by molar-refractivity contribution is -0.117. The first-order chi connectivity index (χ1) is 7.22. The van der Waals surface area contributed by atoms with Gasteiger partial charge in [-0.25, -0.2) is 4.98 Å². The molecule has 0 atom stereocenters. The van der Waals surface area contributed by atoms with Crippen molar-refractivity contribution < 1.29 is 9.53 Å². The Hall–Kier alpha value is -1.13. The van der Waals surface area contributed by atoms with Crippen molar-refractivity contribution in [3.63, 3.8) is 0 Å². The van der Waals surface area contributed by atoms with Crippen molar-refractivity contribution in [1.29, 1.82) is 0 Å². The van der Waals surface area contributed by atoms with Crippen LogP contribution in [0.25, 0.3) is 0 Å². The van der Waals surface area contributed by atoms with Gasteiger partial charge in [0.15, 0.2) is 0 Å². The second-order valence-corrected chi connectivity index (χ2v) is 3.25. The van der Waals surface area contributed by atoms with Crippen molar-refractivity contribution in [3.8, 4) is 0 Å². The molecule has 1 rings (SSSR count). The number of carbonyl (C=O) groups is 1. The van der Waals surface area contributed by atoms with Crippen LogP contribution in [0.4, 0.5) is 5.69 Å². The van der Waals surface area contributed by atoms with Gasteiger partial charge >= 0.3 is 0 Å². The molecule has 0 spiro atoms. The van der Waals surface area contributed by atoms with E-state index >= 15 is 0 Å². The Morgan fingerprint density at radius 1 is 1.67 bits per heavy atom. The maximum Gasteiger partial charge on any atom is 0.226 e. The maximum absolute atomic E-state index is 11.3. The minimum atomic E-state index is -0.0919. The topological polar surface area (TPSA) is 51.2 Å². The largest absolute Gasteiger partial charge is 0.381 e. The standard InChI is InChI=1S/C10H13ClN2O2/c1-2-15-6-4-10(14)13-8-3-5-12-9(11)7-8/h3,5,7H,2,4,6H2,1H3,(H,12,13,14). The predicted octanol–water partition coefficient (Wildman–Crippen LogP) is 2.10. The third-order valence-electron chi connectivity index (χ3n) is 1.69. The first-order valence-corrected chi connectivity index (χ1v) is 5.09. The molecule has 1 N–H and O–H groups in total. The summed E-state index contributed by atoms with van der Waals surface area (Å²) in [5.41, 5.74) is 0.650. The van der Waals surface area contributed by atoms with Crippen LogP contribution in [0.15, 0.2) is 18.3 Å². The molecular formula is C10H13ClN2O2. The van der Waals surface area contributed by atoms with Crippen LogP contribution in [0.2, 0.25) is 5.15 Å². The van der Waals surface area contributed by atoms with Crippen LogP contribution < -0.4 is 5.32 Å². The lowest BCUT2D eigenvalue weighted by Gasteiger charge is -2.04. The van der Waals surface area contributed by atoms with Crippen LogP contribution >= 0.6 is 11.6 Å². The van der Waals surface area contributed by atoms with Gasteiger partial charge in [0.05, 0.1) is 13.0 Å². The number of hydrogen-bond donors (Lipinski definition) is 1. The number of rotatable bonds is 5. The minimum Gasteiger partial charge on any atom is -0.381 e. The van der Waals surface area contributed by atoms with Gasteiger partial charge < -0.3 is 10.1 Å². The molecule has 0 saturated heterocycles. The Kier molecular flexibility index (Phi) is 5.07. The zero-order valence-electron chi connectivity index (χ0n) is 8.50. The number of carbonyl (C=O) groups excluding carboxylic acids is 1. The molecule has 82 valence electrons. The molecule has 0 unspecified atom stereocenters. The number of ether oxygens (including phenoxy) is 1. The first kappa shape index (κ1) is 11.9. The summed E-state index contributed by atoms with van der Waals surface area (Å²) >= 11 is 5.67. The Morgan fingerprint density at radius 3 is 3.13 bits per heavy atom. The lowest BCUT2D eigenvalue weighted by Crippen LogP contribution is -2.14. The minimum absolute atomic E-state index is 0.0919. The van der Waals surface area contributed by atoms with Crippen LogP contribution in [0.5, 0.6) is 0 Å². The second kappa shape index (κ2) is 6.37. The molecule has 5 heteroatoms. The summed E-state index contributed by atoms with van der Waals surface area (Å²) in [6.07, 6.45) is 1.88. The van der Waals surface area contributed by atoms with Crippen molar-refractivity contribution in [1.82, 2.24) is 4.98 Å². The van der Waals surface area contributed by atoms with E-state index in [4.69, 9.17) is 16.3 Å². The highest BCUT2D eigenvalue weighted by molar-refractivity contribution is 6.29. The number of amides is 1. The van der Waals surface area contributed by atoms with E-state index in [0.717, 1.165) is 0 Å². The van der Waals surface area contributed by atoms with Crippen LogP contribution in [0, 0.1) is 0 Å². The van der Waals surface area contributed by atoms with Crippen molar-refractivity contribution >= 4 is 23.2 Å². The van der Waals surface area contributed by atoms with E-state index in [1.165, 1.54) is 0 Å².